The van der Waals surface area contributed by atoms with E-state index in [0.717, 1.165) is 17.7 Å². The third-order valence-corrected chi connectivity index (χ3v) is 4.86. The maximum absolute atomic E-state index is 6.10. The van der Waals surface area contributed by atoms with Gasteiger partial charge in [0.15, 0.2) is 0 Å². The smallest absolute Gasteiger partial charge is 0.0289 e. The van der Waals surface area contributed by atoms with E-state index in [4.69, 9.17) is 11.6 Å². The van der Waals surface area contributed by atoms with Gasteiger partial charge >= 0.3 is 0 Å². The summed E-state index contributed by atoms with van der Waals surface area (Å²) in [7, 11) is 0. The fourth-order valence-corrected chi connectivity index (χ4v) is 4.00. The molecule has 0 heterocycles. The highest BCUT2D eigenvalue weighted by Gasteiger charge is 2.35. The Morgan fingerprint density at radius 2 is 2.06 bits per heavy atom. The molecular formula is C15H19Cl. The summed E-state index contributed by atoms with van der Waals surface area (Å²) < 4.78 is 0. The highest BCUT2D eigenvalue weighted by atomic mass is 35.5. The Balaban J connectivity index is 1.94. The number of fused-ring (bicyclic) bond motifs is 3. The van der Waals surface area contributed by atoms with E-state index >= 15 is 0 Å². The summed E-state index contributed by atoms with van der Waals surface area (Å²) in [5, 5.41) is 0. The summed E-state index contributed by atoms with van der Waals surface area (Å²) in [5.74, 6) is 3.08. The van der Waals surface area contributed by atoms with Crippen molar-refractivity contribution in [3.63, 3.8) is 0 Å². The van der Waals surface area contributed by atoms with Crippen LogP contribution in [0.3, 0.4) is 0 Å². The lowest BCUT2D eigenvalue weighted by molar-refractivity contribution is 0.297. The molecular weight excluding hydrogens is 216 g/mol. The molecule has 3 unspecified atom stereocenters. The van der Waals surface area contributed by atoms with Crippen molar-refractivity contribution in [2.24, 2.45) is 17.8 Å². The number of allylic oxidation sites excluding steroid dienone is 6. The van der Waals surface area contributed by atoms with Gasteiger partial charge in [-0.15, -0.1) is 11.6 Å². The van der Waals surface area contributed by atoms with Gasteiger partial charge < -0.3 is 0 Å². The number of hydrogen-bond acceptors (Lipinski definition) is 0. The van der Waals surface area contributed by atoms with E-state index in [1.807, 2.05) is 0 Å². The van der Waals surface area contributed by atoms with Gasteiger partial charge in [0.1, 0.15) is 0 Å². The number of halogens is 1. The molecule has 1 heteroatoms. The zero-order valence-corrected chi connectivity index (χ0v) is 10.4. The molecule has 0 radical (unpaired) electrons. The highest BCUT2D eigenvalue weighted by Crippen LogP contribution is 2.46. The Labute approximate surface area is 103 Å². The van der Waals surface area contributed by atoms with Crippen molar-refractivity contribution in [3.05, 3.63) is 35.5 Å². The Hall–Kier alpha value is -0.490. The molecule has 0 aromatic heterocycles. The van der Waals surface area contributed by atoms with E-state index in [9.17, 15) is 0 Å². The maximum atomic E-state index is 6.10. The van der Waals surface area contributed by atoms with E-state index in [-0.39, 0.29) is 0 Å². The average molecular weight is 235 g/mol. The molecule has 3 aliphatic carbocycles. The van der Waals surface area contributed by atoms with Crippen LogP contribution < -0.4 is 0 Å². The Morgan fingerprint density at radius 1 is 1.12 bits per heavy atom. The van der Waals surface area contributed by atoms with Crippen molar-refractivity contribution in [2.75, 3.05) is 5.88 Å². The van der Waals surface area contributed by atoms with Gasteiger partial charge in [0, 0.05) is 5.88 Å². The standard InChI is InChI=1S/C15H19Cl/c16-10-12-5-3-7-15-13-6-2-1-4-11(13)8-9-14(12)15/h1,4,8-9,12-13,15H,2-3,5-7,10H2. The molecule has 1 saturated carbocycles. The second kappa shape index (κ2) is 4.41. The summed E-state index contributed by atoms with van der Waals surface area (Å²) in [6.07, 6.45) is 16.0. The molecule has 0 spiro atoms. The molecule has 0 nitrogen and oxygen atoms in total. The third-order valence-electron chi connectivity index (χ3n) is 4.49. The Morgan fingerprint density at radius 3 is 2.94 bits per heavy atom. The quantitative estimate of drug-likeness (QED) is 0.587. The number of alkyl halides is 1. The lowest BCUT2D eigenvalue weighted by atomic mass is 9.65. The fourth-order valence-electron chi connectivity index (χ4n) is 3.67. The molecule has 0 amide bonds. The SMILES string of the molecule is ClCC1CCCC2C1=CC=C1C=CCCC12. The zero-order valence-electron chi connectivity index (χ0n) is 9.66. The van der Waals surface area contributed by atoms with Gasteiger partial charge in [-0.05, 0) is 49.0 Å². The minimum Gasteiger partial charge on any atom is -0.126 e. The normalized spacial score (nSPS) is 37.2. The van der Waals surface area contributed by atoms with Gasteiger partial charge in [0.05, 0.1) is 0 Å². The Kier molecular flexibility index (Phi) is 2.93. The van der Waals surface area contributed by atoms with Crippen LogP contribution in [0.15, 0.2) is 35.5 Å². The fraction of sp³-hybridized carbons (Fsp3) is 0.600. The van der Waals surface area contributed by atoms with Crippen molar-refractivity contribution < 1.29 is 0 Å². The molecule has 0 saturated heterocycles. The van der Waals surface area contributed by atoms with Crippen LogP contribution in [0.1, 0.15) is 32.1 Å². The van der Waals surface area contributed by atoms with Gasteiger partial charge in [-0.3, -0.25) is 0 Å². The topological polar surface area (TPSA) is 0 Å². The van der Waals surface area contributed by atoms with Gasteiger partial charge in [0.25, 0.3) is 0 Å². The number of hydrogen-bond donors (Lipinski definition) is 0. The van der Waals surface area contributed by atoms with Crippen LogP contribution in [0.4, 0.5) is 0 Å². The maximum Gasteiger partial charge on any atom is 0.0289 e. The summed E-state index contributed by atoms with van der Waals surface area (Å²) in [5.41, 5.74) is 3.22. The van der Waals surface area contributed by atoms with Crippen molar-refractivity contribution in [2.45, 2.75) is 32.1 Å². The average Bonchev–Trinajstić information content (AvgIpc) is 2.37. The van der Waals surface area contributed by atoms with Crippen molar-refractivity contribution >= 4 is 11.6 Å². The summed E-state index contributed by atoms with van der Waals surface area (Å²) in [6.45, 7) is 0. The van der Waals surface area contributed by atoms with E-state index in [2.05, 4.69) is 24.3 Å². The summed E-state index contributed by atoms with van der Waals surface area (Å²) in [6, 6.07) is 0. The van der Waals surface area contributed by atoms with Gasteiger partial charge in [-0.25, -0.2) is 0 Å². The molecule has 3 atom stereocenters. The minimum absolute atomic E-state index is 0.657. The third kappa shape index (κ3) is 1.68. The van der Waals surface area contributed by atoms with Crippen LogP contribution in [0, 0.1) is 17.8 Å². The van der Waals surface area contributed by atoms with Crippen LogP contribution in [0.5, 0.6) is 0 Å². The molecule has 1 fully saturated rings. The van der Waals surface area contributed by atoms with Crippen LogP contribution in [0.2, 0.25) is 0 Å². The van der Waals surface area contributed by atoms with E-state index < -0.39 is 0 Å². The summed E-state index contributed by atoms with van der Waals surface area (Å²) >= 11 is 6.10. The van der Waals surface area contributed by atoms with Crippen molar-refractivity contribution in [1.82, 2.24) is 0 Å². The van der Waals surface area contributed by atoms with E-state index in [1.54, 1.807) is 11.1 Å². The first-order valence-electron chi connectivity index (χ1n) is 6.54. The van der Waals surface area contributed by atoms with Crippen molar-refractivity contribution in [1.29, 1.82) is 0 Å². The number of rotatable bonds is 1. The largest absolute Gasteiger partial charge is 0.126 e. The Bertz CT molecular complexity index is 362. The highest BCUT2D eigenvalue weighted by molar-refractivity contribution is 6.18. The molecule has 0 aromatic carbocycles. The predicted octanol–water partition coefficient (Wildman–Crippen LogP) is 4.47. The first-order valence-corrected chi connectivity index (χ1v) is 7.08. The van der Waals surface area contributed by atoms with Crippen LogP contribution in [-0.4, -0.2) is 5.88 Å². The molecule has 3 rings (SSSR count). The monoisotopic (exact) mass is 234 g/mol. The predicted molar refractivity (Wildman–Crippen MR) is 69.6 cm³/mol. The molecule has 0 aromatic rings. The molecule has 16 heavy (non-hydrogen) atoms. The molecule has 0 aliphatic heterocycles. The molecule has 3 aliphatic rings. The zero-order chi connectivity index (χ0) is 11.0. The molecule has 0 N–H and O–H groups in total. The second-order valence-corrected chi connectivity index (χ2v) is 5.62. The van der Waals surface area contributed by atoms with Gasteiger partial charge in [-0.1, -0.05) is 36.3 Å². The van der Waals surface area contributed by atoms with Crippen LogP contribution in [0.25, 0.3) is 0 Å². The van der Waals surface area contributed by atoms with Gasteiger partial charge in [0.2, 0.25) is 0 Å². The van der Waals surface area contributed by atoms with E-state index in [1.165, 1.54) is 32.1 Å². The van der Waals surface area contributed by atoms with Crippen LogP contribution >= 0.6 is 11.6 Å². The summed E-state index contributed by atoms with van der Waals surface area (Å²) in [4.78, 5) is 0. The lowest BCUT2D eigenvalue weighted by Gasteiger charge is -2.40. The first kappa shape index (κ1) is 10.7. The lowest BCUT2D eigenvalue weighted by Crippen LogP contribution is -2.30. The second-order valence-electron chi connectivity index (χ2n) is 5.31. The molecule has 86 valence electrons. The van der Waals surface area contributed by atoms with Crippen LogP contribution in [-0.2, 0) is 0 Å². The molecule has 0 bridgehead atoms. The minimum atomic E-state index is 0.657. The van der Waals surface area contributed by atoms with Crippen molar-refractivity contribution in [3.8, 4) is 0 Å². The first-order chi connectivity index (χ1) is 7.90. The van der Waals surface area contributed by atoms with Gasteiger partial charge in [-0.2, -0.15) is 0 Å². The van der Waals surface area contributed by atoms with E-state index in [0.29, 0.717) is 5.92 Å².